The highest BCUT2D eigenvalue weighted by atomic mass is 16.5. The first kappa shape index (κ1) is 13.1. The molecule has 1 aromatic carbocycles. The lowest BCUT2D eigenvalue weighted by molar-refractivity contribution is 0.352. The van der Waals surface area contributed by atoms with Crippen LogP contribution >= 0.6 is 0 Å². The summed E-state index contributed by atoms with van der Waals surface area (Å²) in [6.45, 7) is 2.78. The van der Waals surface area contributed by atoms with Crippen LogP contribution in [0.25, 0.3) is 0 Å². The van der Waals surface area contributed by atoms with Gasteiger partial charge in [0.25, 0.3) is 0 Å². The molecule has 2 aromatic rings. The van der Waals surface area contributed by atoms with Crippen molar-refractivity contribution in [2.24, 2.45) is 0 Å². The van der Waals surface area contributed by atoms with E-state index < -0.39 is 0 Å². The summed E-state index contributed by atoms with van der Waals surface area (Å²) in [5, 5.41) is 4.13. The average Bonchev–Trinajstić information content (AvgIpc) is 2.88. The number of rotatable bonds is 5. The van der Waals surface area contributed by atoms with E-state index >= 15 is 0 Å². The SMILES string of the molecule is CCn1cc(Oc2cc(OC)c(OC)cc2N)cn1. The van der Waals surface area contributed by atoms with Crippen LogP contribution in [0, 0.1) is 0 Å². The van der Waals surface area contributed by atoms with Gasteiger partial charge in [-0.05, 0) is 6.92 Å². The second-order valence-electron chi connectivity index (χ2n) is 3.88. The normalized spacial score (nSPS) is 10.3. The van der Waals surface area contributed by atoms with Gasteiger partial charge in [0.2, 0.25) is 0 Å². The first-order chi connectivity index (χ1) is 9.17. The second-order valence-corrected chi connectivity index (χ2v) is 3.88. The fourth-order valence-corrected chi connectivity index (χ4v) is 1.66. The van der Waals surface area contributed by atoms with Gasteiger partial charge < -0.3 is 19.9 Å². The number of aromatic nitrogens is 2. The van der Waals surface area contributed by atoms with Crippen LogP contribution in [0.4, 0.5) is 5.69 Å². The van der Waals surface area contributed by atoms with E-state index in [1.165, 1.54) is 0 Å². The maximum absolute atomic E-state index is 5.92. The minimum atomic E-state index is 0.474. The lowest BCUT2D eigenvalue weighted by atomic mass is 10.2. The van der Waals surface area contributed by atoms with Crippen LogP contribution in [0.1, 0.15) is 6.92 Å². The zero-order valence-corrected chi connectivity index (χ0v) is 11.2. The molecule has 0 unspecified atom stereocenters. The van der Waals surface area contributed by atoms with Gasteiger partial charge in [0, 0.05) is 18.7 Å². The molecule has 6 heteroatoms. The minimum absolute atomic E-state index is 0.474. The highest BCUT2D eigenvalue weighted by molar-refractivity contribution is 5.62. The predicted molar refractivity (Wildman–Crippen MR) is 71.9 cm³/mol. The van der Waals surface area contributed by atoms with Crippen molar-refractivity contribution in [2.75, 3.05) is 20.0 Å². The molecule has 0 aliphatic heterocycles. The van der Waals surface area contributed by atoms with Gasteiger partial charge in [0.1, 0.15) is 0 Å². The second kappa shape index (κ2) is 5.51. The van der Waals surface area contributed by atoms with Crippen molar-refractivity contribution in [3.05, 3.63) is 24.5 Å². The molecule has 0 saturated carbocycles. The fourth-order valence-electron chi connectivity index (χ4n) is 1.66. The maximum Gasteiger partial charge on any atom is 0.165 e. The standard InChI is InChI=1S/C13H17N3O3/c1-4-16-8-9(7-15-16)19-11-6-13(18-3)12(17-2)5-10(11)14/h5-8H,4,14H2,1-3H3. The van der Waals surface area contributed by atoms with Crippen LogP contribution in [0.2, 0.25) is 0 Å². The number of nitrogen functional groups attached to an aromatic ring is 1. The van der Waals surface area contributed by atoms with E-state index in [0.29, 0.717) is 28.7 Å². The van der Waals surface area contributed by atoms with Crippen molar-refractivity contribution in [2.45, 2.75) is 13.5 Å². The van der Waals surface area contributed by atoms with Gasteiger partial charge in [-0.2, -0.15) is 5.10 Å². The Kier molecular flexibility index (Phi) is 3.79. The van der Waals surface area contributed by atoms with Crippen molar-refractivity contribution in [3.63, 3.8) is 0 Å². The maximum atomic E-state index is 5.92. The van der Waals surface area contributed by atoms with Crippen molar-refractivity contribution in [1.82, 2.24) is 9.78 Å². The number of ether oxygens (including phenoxy) is 3. The summed E-state index contributed by atoms with van der Waals surface area (Å²) >= 11 is 0. The molecule has 1 heterocycles. The molecular weight excluding hydrogens is 246 g/mol. The lowest BCUT2D eigenvalue weighted by Gasteiger charge is -2.12. The third-order valence-electron chi connectivity index (χ3n) is 2.68. The van der Waals surface area contributed by atoms with Gasteiger partial charge in [-0.3, -0.25) is 4.68 Å². The van der Waals surface area contributed by atoms with E-state index in [-0.39, 0.29) is 0 Å². The smallest absolute Gasteiger partial charge is 0.165 e. The Hall–Kier alpha value is -2.37. The van der Waals surface area contributed by atoms with Crippen molar-refractivity contribution in [1.29, 1.82) is 0 Å². The van der Waals surface area contributed by atoms with Gasteiger partial charge in [0.05, 0.1) is 32.3 Å². The van der Waals surface area contributed by atoms with Crippen LogP contribution in [0.3, 0.4) is 0 Å². The van der Waals surface area contributed by atoms with E-state index in [1.807, 2.05) is 6.92 Å². The van der Waals surface area contributed by atoms with Gasteiger partial charge >= 0.3 is 0 Å². The summed E-state index contributed by atoms with van der Waals surface area (Å²) in [6.07, 6.45) is 3.44. The van der Waals surface area contributed by atoms with E-state index in [4.69, 9.17) is 19.9 Å². The van der Waals surface area contributed by atoms with E-state index in [2.05, 4.69) is 5.10 Å². The monoisotopic (exact) mass is 263 g/mol. The molecule has 0 amide bonds. The number of aryl methyl sites for hydroxylation is 1. The molecule has 6 nitrogen and oxygen atoms in total. The lowest BCUT2D eigenvalue weighted by Crippen LogP contribution is -1.96. The summed E-state index contributed by atoms with van der Waals surface area (Å²) in [7, 11) is 3.12. The molecule has 102 valence electrons. The van der Waals surface area contributed by atoms with Crippen molar-refractivity contribution in [3.8, 4) is 23.0 Å². The van der Waals surface area contributed by atoms with Crippen LogP contribution in [-0.4, -0.2) is 24.0 Å². The molecule has 0 atom stereocenters. The molecule has 2 rings (SSSR count). The van der Waals surface area contributed by atoms with Crippen molar-refractivity contribution < 1.29 is 14.2 Å². The topological polar surface area (TPSA) is 71.5 Å². The predicted octanol–water partition coefficient (Wildman–Crippen LogP) is 2.29. The molecule has 0 radical (unpaired) electrons. The molecule has 0 aliphatic rings. The number of anilines is 1. The highest BCUT2D eigenvalue weighted by Gasteiger charge is 2.11. The summed E-state index contributed by atoms with van der Waals surface area (Å²) in [5.74, 6) is 2.26. The Morgan fingerprint density at radius 3 is 2.42 bits per heavy atom. The van der Waals surface area contributed by atoms with E-state index in [0.717, 1.165) is 6.54 Å². The summed E-state index contributed by atoms with van der Waals surface area (Å²) in [6, 6.07) is 3.36. The fraction of sp³-hybridized carbons (Fsp3) is 0.308. The third kappa shape index (κ3) is 2.73. The Morgan fingerprint density at radius 1 is 1.16 bits per heavy atom. The molecule has 1 aromatic heterocycles. The van der Waals surface area contributed by atoms with Gasteiger partial charge in [-0.25, -0.2) is 0 Å². The first-order valence-electron chi connectivity index (χ1n) is 5.89. The Labute approximate surface area is 111 Å². The van der Waals surface area contributed by atoms with Crippen molar-refractivity contribution >= 4 is 5.69 Å². The number of nitrogens with two attached hydrogens (primary N) is 1. The molecule has 0 fully saturated rings. The number of hydrogen-bond acceptors (Lipinski definition) is 5. The van der Waals surface area contributed by atoms with Gasteiger partial charge in [0.15, 0.2) is 23.0 Å². The quantitative estimate of drug-likeness (QED) is 0.838. The van der Waals surface area contributed by atoms with E-state index in [1.54, 1.807) is 43.4 Å². The Balaban J connectivity index is 2.29. The molecule has 19 heavy (non-hydrogen) atoms. The van der Waals surface area contributed by atoms with E-state index in [9.17, 15) is 0 Å². The minimum Gasteiger partial charge on any atom is -0.493 e. The molecule has 0 saturated heterocycles. The van der Waals surface area contributed by atoms with Gasteiger partial charge in [-0.15, -0.1) is 0 Å². The summed E-state index contributed by atoms with van der Waals surface area (Å²) in [4.78, 5) is 0. The molecule has 0 bridgehead atoms. The summed E-state index contributed by atoms with van der Waals surface area (Å²) < 4.78 is 17.8. The Bertz CT molecular complexity index is 566. The number of methoxy groups -OCH3 is 2. The highest BCUT2D eigenvalue weighted by Crippen LogP contribution is 2.38. The van der Waals surface area contributed by atoms with Gasteiger partial charge in [-0.1, -0.05) is 0 Å². The zero-order chi connectivity index (χ0) is 13.8. The molecule has 2 N–H and O–H groups in total. The Morgan fingerprint density at radius 2 is 1.84 bits per heavy atom. The van der Waals surface area contributed by atoms with Crippen LogP contribution < -0.4 is 19.9 Å². The van der Waals surface area contributed by atoms with Crippen LogP contribution in [0.5, 0.6) is 23.0 Å². The van der Waals surface area contributed by atoms with Crippen LogP contribution in [-0.2, 0) is 6.54 Å². The average molecular weight is 263 g/mol. The molecular formula is C13H17N3O3. The number of benzene rings is 1. The third-order valence-corrected chi connectivity index (χ3v) is 2.68. The van der Waals surface area contributed by atoms with Crippen LogP contribution in [0.15, 0.2) is 24.5 Å². The molecule has 0 aliphatic carbocycles. The summed E-state index contributed by atoms with van der Waals surface area (Å²) in [5.41, 5.74) is 6.39. The zero-order valence-electron chi connectivity index (χ0n) is 11.2. The molecule has 0 spiro atoms. The number of nitrogens with zero attached hydrogens (tertiary/aromatic N) is 2. The largest absolute Gasteiger partial charge is 0.493 e. The number of hydrogen-bond donors (Lipinski definition) is 1. The first-order valence-corrected chi connectivity index (χ1v) is 5.89.